The van der Waals surface area contributed by atoms with Crippen molar-refractivity contribution in [3.05, 3.63) is 216 Å². The molecule has 4 aliphatic rings. The molecule has 8 rings (SSSR count). The Bertz CT molecular complexity index is 1640. The molecule has 0 N–H and O–H groups in total. The molecular weight excluding hydrogens is 1060 g/mol. The van der Waals surface area contributed by atoms with Gasteiger partial charge in [0.15, 0.2) is 0 Å². The maximum Gasteiger partial charge on any atom is -0.0623 e. The Balaban J connectivity index is 0.000000334. The first-order valence-electron chi connectivity index (χ1n) is 17.7. The van der Waals surface area contributed by atoms with Crippen LogP contribution in [0.5, 0.6) is 0 Å². The summed E-state index contributed by atoms with van der Waals surface area (Å²) < 4.78 is 0. The predicted molar refractivity (Wildman–Crippen MR) is 222 cm³/mol. The summed E-state index contributed by atoms with van der Waals surface area (Å²) in [6, 6.07) is 41.6. The Labute approximate surface area is 368 Å². The quantitative estimate of drug-likeness (QED) is 0.154. The minimum absolute atomic E-state index is 0. The second-order valence-electron chi connectivity index (χ2n) is 12.3. The standard InChI is InChI=1S/4C11H9.2C2H6Si.2ClH.2Hf/c4*1-2-6-10(7-3-1)11-8-4-5-9-11;2*1-3-2;;;;/h4*1-3,6-9H,4H2;2*1-2H3;2*1H;;/q4*-1;;;;;2*+2/p-2. The summed E-state index contributed by atoms with van der Waals surface area (Å²) >= 11 is 2.90. The Morgan fingerprint density at radius 1 is 0.352 bits per heavy atom. The summed E-state index contributed by atoms with van der Waals surface area (Å²) in [5, 5.41) is 0. The van der Waals surface area contributed by atoms with Crippen molar-refractivity contribution in [1.29, 1.82) is 0 Å². The molecule has 0 radical (unpaired) electrons. The van der Waals surface area contributed by atoms with E-state index in [-0.39, 0.29) is 35.8 Å². The van der Waals surface area contributed by atoms with Crippen LogP contribution >= 0.6 is 0 Å². The van der Waals surface area contributed by atoms with Crippen LogP contribution in [-0.2, 0) is 46.0 Å². The van der Waals surface area contributed by atoms with Gasteiger partial charge in [0.2, 0.25) is 0 Å². The molecular formula is C48H48Cl2Hf2Si2-2. The third-order valence-electron chi connectivity index (χ3n) is 7.22. The monoisotopic (exact) mass is 1110 g/mol. The molecule has 4 aromatic carbocycles. The topological polar surface area (TPSA) is 0 Å². The van der Waals surface area contributed by atoms with E-state index in [9.17, 15) is 0 Å². The average molecular weight is 1110 g/mol. The van der Waals surface area contributed by atoms with E-state index < -0.39 is 0 Å². The molecule has 4 aromatic rings. The van der Waals surface area contributed by atoms with Crippen LogP contribution in [0.15, 0.2) is 170 Å². The molecule has 0 saturated heterocycles. The van der Waals surface area contributed by atoms with Gasteiger partial charge < -0.3 is 24.8 Å². The zero-order valence-electron chi connectivity index (χ0n) is 31.8. The van der Waals surface area contributed by atoms with Crippen LogP contribution in [0.3, 0.4) is 0 Å². The van der Waals surface area contributed by atoms with E-state index in [0.29, 0.717) is 0 Å². The summed E-state index contributed by atoms with van der Waals surface area (Å²) in [5.74, 6) is 0. The summed E-state index contributed by atoms with van der Waals surface area (Å²) in [4.78, 5) is 0. The van der Waals surface area contributed by atoms with E-state index in [0.717, 1.165) is 25.7 Å². The van der Waals surface area contributed by atoms with Gasteiger partial charge in [-0.1, -0.05) is 121 Å². The number of hydrogen-bond donors (Lipinski definition) is 0. The van der Waals surface area contributed by atoms with Gasteiger partial charge in [-0.25, -0.2) is 24.3 Å². The van der Waals surface area contributed by atoms with Gasteiger partial charge in [0, 0.05) is 0 Å². The maximum atomic E-state index is 3.15. The van der Waals surface area contributed by atoms with Crippen molar-refractivity contribution in [2.45, 2.75) is 51.9 Å². The van der Waals surface area contributed by atoms with Crippen LogP contribution in [0.2, 0.25) is 26.2 Å². The van der Waals surface area contributed by atoms with Gasteiger partial charge >= 0.3 is 83.2 Å². The molecule has 0 unspecified atom stereocenters. The van der Waals surface area contributed by atoms with Crippen LogP contribution in [-0.4, -0.2) is 11.0 Å². The number of allylic oxidation sites excluding steroid dienone is 16. The third-order valence-corrected chi connectivity index (χ3v) is 7.22. The van der Waals surface area contributed by atoms with Crippen LogP contribution in [0.4, 0.5) is 0 Å². The smallest absolute Gasteiger partial charge is 0.0623 e. The van der Waals surface area contributed by atoms with Crippen molar-refractivity contribution in [1.82, 2.24) is 0 Å². The number of halogens is 2. The normalized spacial score (nSPS) is 13.3. The molecule has 0 aromatic heterocycles. The summed E-state index contributed by atoms with van der Waals surface area (Å²) in [5.41, 5.74) is 10.9. The molecule has 0 aliphatic heterocycles. The van der Waals surface area contributed by atoms with E-state index in [1.165, 1.54) is 90.5 Å². The van der Waals surface area contributed by atoms with Gasteiger partial charge in [-0.2, -0.15) is 46.6 Å². The van der Waals surface area contributed by atoms with Crippen molar-refractivity contribution < 1.29 is 70.8 Å². The molecule has 0 atom stereocenters. The second-order valence-corrected chi connectivity index (χ2v) is 37.9. The van der Waals surface area contributed by atoms with Crippen LogP contribution < -0.4 is 24.8 Å². The predicted octanol–water partition coefficient (Wildman–Crippen LogP) is 6.91. The first kappa shape index (κ1) is 49.6. The van der Waals surface area contributed by atoms with E-state index in [1.54, 1.807) is 0 Å². The molecule has 0 saturated carbocycles. The molecule has 0 spiro atoms. The number of rotatable bonds is 4. The zero-order valence-corrected chi connectivity index (χ0v) is 42.4. The van der Waals surface area contributed by atoms with Crippen molar-refractivity contribution in [2.24, 2.45) is 0 Å². The Morgan fingerprint density at radius 2 is 0.519 bits per heavy atom. The van der Waals surface area contributed by atoms with Crippen molar-refractivity contribution >= 4 is 33.3 Å². The van der Waals surface area contributed by atoms with E-state index >= 15 is 0 Å². The van der Waals surface area contributed by atoms with Crippen LogP contribution in [0.25, 0.3) is 22.3 Å². The fourth-order valence-electron chi connectivity index (χ4n) is 4.91. The van der Waals surface area contributed by atoms with Crippen molar-refractivity contribution in [3.63, 3.8) is 0 Å². The molecule has 272 valence electrons. The molecule has 4 aliphatic carbocycles. The summed E-state index contributed by atoms with van der Waals surface area (Å²) in [6.07, 6.45) is 33.4. The van der Waals surface area contributed by atoms with Gasteiger partial charge in [0.05, 0.1) is 0 Å². The van der Waals surface area contributed by atoms with Gasteiger partial charge in [0.25, 0.3) is 0 Å². The molecule has 0 fully saturated rings. The minimum atomic E-state index is 0. The average Bonchev–Trinajstić information content (AvgIpc) is 4.02. The SMILES string of the molecule is C[Si](C)=[Hf+2].C[Si](C)=[Hf+2].[C-]1=CC(c2ccccc2)=CC1.[C-]1=CC(c2ccccc2)=CC1.[C-]1=CC(c2ccccc2)=CC1.[C-]1=CC(c2ccccc2)=CC1.[Cl-].[Cl-]. The maximum absolute atomic E-state index is 3.15. The van der Waals surface area contributed by atoms with E-state index in [4.69, 9.17) is 0 Å². The fraction of sp³-hybridized carbons (Fsp3) is 0.167. The van der Waals surface area contributed by atoms with E-state index in [1.807, 2.05) is 24.3 Å². The largest absolute Gasteiger partial charge is 1.00 e. The van der Waals surface area contributed by atoms with Crippen LogP contribution in [0, 0.1) is 24.3 Å². The summed E-state index contributed by atoms with van der Waals surface area (Å²) in [7, 11) is 0. The Hall–Kier alpha value is -2.45. The number of benzene rings is 4. The van der Waals surface area contributed by atoms with Crippen LogP contribution in [0.1, 0.15) is 47.9 Å². The van der Waals surface area contributed by atoms with Gasteiger partial charge in [-0.05, 0) is 0 Å². The summed E-state index contributed by atoms with van der Waals surface area (Å²) in [6.45, 7) is 9.32. The van der Waals surface area contributed by atoms with Crippen molar-refractivity contribution in [2.75, 3.05) is 0 Å². The molecule has 0 bridgehead atoms. The van der Waals surface area contributed by atoms with Gasteiger partial charge in [-0.3, -0.25) is 24.3 Å². The Morgan fingerprint density at radius 3 is 0.648 bits per heavy atom. The second kappa shape index (κ2) is 30.7. The minimum Gasteiger partial charge on any atom is -1.00 e. The first-order valence-corrected chi connectivity index (χ1v) is 33.4. The zero-order chi connectivity index (χ0) is 37.2. The fourth-order valence-corrected chi connectivity index (χ4v) is 4.91. The number of hydrogen-bond acceptors (Lipinski definition) is 0. The molecule has 0 nitrogen and oxygen atoms in total. The Kier molecular flexibility index (Phi) is 28.2. The molecule has 6 heteroatoms. The van der Waals surface area contributed by atoms with E-state index in [2.05, 4.69) is 196 Å². The molecule has 0 heterocycles. The first-order chi connectivity index (χ1) is 25.3. The van der Waals surface area contributed by atoms with Gasteiger partial charge in [-0.15, -0.1) is 47.9 Å². The third kappa shape index (κ3) is 21.6. The molecule has 54 heavy (non-hydrogen) atoms. The van der Waals surface area contributed by atoms with Crippen molar-refractivity contribution in [3.8, 4) is 0 Å². The molecule has 0 amide bonds. The van der Waals surface area contributed by atoms with Gasteiger partial charge in [0.1, 0.15) is 0 Å².